The number of carboxylic acid groups (broad SMARTS) is 1. The molecule has 0 fully saturated rings. The normalized spacial score (nSPS) is 11.0. The molecule has 0 bridgehead atoms. The molecule has 0 spiro atoms. The Morgan fingerprint density at radius 3 is 2.58 bits per heavy atom. The minimum absolute atomic E-state index is 0.00863. The van der Waals surface area contributed by atoms with Crippen molar-refractivity contribution >= 4 is 5.97 Å². The van der Waals surface area contributed by atoms with E-state index < -0.39 is 5.97 Å². The molecule has 1 aromatic carbocycles. The number of halogens is 1. The van der Waals surface area contributed by atoms with Crippen LogP contribution < -0.4 is 0 Å². The zero-order valence-corrected chi connectivity index (χ0v) is 11.0. The maximum Gasteiger partial charge on any atom is 0.356 e. The Labute approximate surface area is 110 Å². The van der Waals surface area contributed by atoms with Gasteiger partial charge in [-0.25, -0.2) is 9.18 Å². The summed E-state index contributed by atoms with van der Waals surface area (Å²) in [6.45, 7) is 5.50. The van der Waals surface area contributed by atoms with Gasteiger partial charge in [-0.15, -0.1) is 0 Å². The molecule has 0 aliphatic rings. The van der Waals surface area contributed by atoms with Gasteiger partial charge >= 0.3 is 5.97 Å². The van der Waals surface area contributed by atoms with Gasteiger partial charge in [0.25, 0.3) is 0 Å². The second-order valence-corrected chi connectivity index (χ2v) is 4.72. The van der Waals surface area contributed by atoms with Crippen LogP contribution in [-0.4, -0.2) is 20.9 Å². The third-order valence-electron chi connectivity index (χ3n) is 2.90. The van der Waals surface area contributed by atoms with Crippen LogP contribution in [0.3, 0.4) is 0 Å². The lowest BCUT2D eigenvalue weighted by Gasteiger charge is -2.11. The van der Waals surface area contributed by atoms with Crippen LogP contribution in [0.25, 0.3) is 11.3 Å². The van der Waals surface area contributed by atoms with Gasteiger partial charge in [0.2, 0.25) is 0 Å². The maximum absolute atomic E-state index is 13.3. The van der Waals surface area contributed by atoms with Crippen molar-refractivity contribution in [1.29, 1.82) is 0 Å². The van der Waals surface area contributed by atoms with Crippen LogP contribution in [0.4, 0.5) is 4.39 Å². The first-order valence-electron chi connectivity index (χ1n) is 5.99. The van der Waals surface area contributed by atoms with E-state index in [1.165, 1.54) is 12.1 Å². The topological polar surface area (TPSA) is 55.1 Å². The minimum atomic E-state index is -1.07. The number of aromatic nitrogens is 2. The molecular weight excluding hydrogens is 247 g/mol. The quantitative estimate of drug-likeness (QED) is 0.923. The van der Waals surface area contributed by atoms with Gasteiger partial charge in [0.1, 0.15) is 5.82 Å². The second-order valence-electron chi connectivity index (χ2n) is 4.72. The van der Waals surface area contributed by atoms with Crippen molar-refractivity contribution in [2.75, 3.05) is 0 Å². The summed E-state index contributed by atoms with van der Waals surface area (Å²) in [6, 6.07) is 6.23. The van der Waals surface area contributed by atoms with Crippen molar-refractivity contribution in [3.63, 3.8) is 0 Å². The van der Waals surface area contributed by atoms with E-state index in [0.717, 1.165) is 5.56 Å². The van der Waals surface area contributed by atoms with Crippen LogP contribution >= 0.6 is 0 Å². The number of rotatable bonds is 3. The third-order valence-corrected chi connectivity index (χ3v) is 2.90. The molecular formula is C14H15FN2O2. The average Bonchev–Trinajstić information content (AvgIpc) is 2.78. The Hall–Kier alpha value is -2.17. The standard InChI is InChI=1S/C14H15FN2O2/c1-8(2)17-13(7-12(16-17)14(18)19)10-4-5-11(15)9(3)6-10/h4-8H,1-3H3,(H,18,19). The van der Waals surface area contributed by atoms with Crippen molar-refractivity contribution in [2.45, 2.75) is 26.8 Å². The Kier molecular flexibility index (Phi) is 3.38. The Balaban J connectivity index is 2.59. The molecule has 1 N–H and O–H groups in total. The summed E-state index contributed by atoms with van der Waals surface area (Å²) in [5, 5.41) is 13.1. The molecule has 2 aromatic rings. The molecule has 1 heterocycles. The molecule has 0 radical (unpaired) electrons. The third kappa shape index (κ3) is 2.50. The molecule has 4 nitrogen and oxygen atoms in total. The Morgan fingerprint density at radius 2 is 2.05 bits per heavy atom. The first-order chi connectivity index (χ1) is 8.90. The number of hydrogen-bond donors (Lipinski definition) is 1. The SMILES string of the molecule is Cc1cc(-c2cc(C(=O)O)nn2C(C)C)ccc1F. The lowest BCUT2D eigenvalue weighted by atomic mass is 10.1. The van der Waals surface area contributed by atoms with E-state index in [1.807, 2.05) is 13.8 Å². The number of hydrogen-bond acceptors (Lipinski definition) is 2. The monoisotopic (exact) mass is 262 g/mol. The Bertz CT molecular complexity index is 632. The van der Waals surface area contributed by atoms with Gasteiger partial charge in [-0.05, 0) is 50.6 Å². The zero-order chi connectivity index (χ0) is 14.2. The van der Waals surface area contributed by atoms with E-state index in [4.69, 9.17) is 5.11 Å². The number of carboxylic acids is 1. The second kappa shape index (κ2) is 4.84. The van der Waals surface area contributed by atoms with Gasteiger partial charge in [-0.2, -0.15) is 5.10 Å². The highest BCUT2D eigenvalue weighted by molar-refractivity contribution is 5.87. The molecule has 2 rings (SSSR count). The van der Waals surface area contributed by atoms with Crippen LogP contribution in [-0.2, 0) is 0 Å². The number of aryl methyl sites for hydroxylation is 1. The first kappa shape index (κ1) is 13.3. The van der Waals surface area contributed by atoms with Crippen LogP contribution in [0.5, 0.6) is 0 Å². The highest BCUT2D eigenvalue weighted by atomic mass is 19.1. The van der Waals surface area contributed by atoms with Crippen LogP contribution in [0.2, 0.25) is 0 Å². The molecule has 0 unspecified atom stereocenters. The fraction of sp³-hybridized carbons (Fsp3) is 0.286. The molecule has 0 aliphatic carbocycles. The maximum atomic E-state index is 13.3. The van der Waals surface area contributed by atoms with Crippen molar-refractivity contribution in [3.8, 4) is 11.3 Å². The molecule has 0 saturated heterocycles. The van der Waals surface area contributed by atoms with Gasteiger partial charge in [0, 0.05) is 11.6 Å². The predicted octanol–water partition coefficient (Wildman–Crippen LogP) is 3.28. The van der Waals surface area contributed by atoms with E-state index in [9.17, 15) is 9.18 Å². The van der Waals surface area contributed by atoms with Gasteiger partial charge in [-0.1, -0.05) is 0 Å². The van der Waals surface area contributed by atoms with Crippen LogP contribution in [0, 0.1) is 12.7 Å². The van der Waals surface area contributed by atoms with Gasteiger partial charge in [0.15, 0.2) is 5.69 Å². The van der Waals surface area contributed by atoms with E-state index in [-0.39, 0.29) is 17.6 Å². The molecule has 19 heavy (non-hydrogen) atoms. The van der Waals surface area contributed by atoms with Gasteiger partial charge in [-0.3, -0.25) is 4.68 Å². The summed E-state index contributed by atoms with van der Waals surface area (Å²) >= 11 is 0. The van der Waals surface area contributed by atoms with Gasteiger partial charge < -0.3 is 5.11 Å². The highest BCUT2D eigenvalue weighted by Crippen LogP contribution is 2.25. The fourth-order valence-electron chi connectivity index (χ4n) is 1.91. The molecule has 1 aromatic heterocycles. The van der Waals surface area contributed by atoms with E-state index >= 15 is 0 Å². The smallest absolute Gasteiger partial charge is 0.356 e. The Morgan fingerprint density at radius 1 is 1.37 bits per heavy atom. The zero-order valence-electron chi connectivity index (χ0n) is 11.0. The molecule has 0 saturated carbocycles. The largest absolute Gasteiger partial charge is 0.476 e. The number of aromatic carboxylic acids is 1. The number of nitrogens with zero attached hydrogens (tertiary/aromatic N) is 2. The number of benzene rings is 1. The molecule has 5 heteroatoms. The summed E-state index contributed by atoms with van der Waals surface area (Å²) < 4.78 is 14.9. The van der Waals surface area contributed by atoms with E-state index in [1.54, 1.807) is 23.7 Å². The molecule has 0 amide bonds. The molecule has 0 aliphatic heterocycles. The van der Waals surface area contributed by atoms with Gasteiger partial charge in [0.05, 0.1) is 5.69 Å². The van der Waals surface area contributed by atoms with E-state index in [0.29, 0.717) is 11.3 Å². The summed E-state index contributed by atoms with van der Waals surface area (Å²) in [5.41, 5.74) is 1.94. The van der Waals surface area contributed by atoms with Crippen LogP contribution in [0.15, 0.2) is 24.3 Å². The predicted molar refractivity (Wildman–Crippen MR) is 69.7 cm³/mol. The molecule has 100 valence electrons. The number of carbonyl (C=O) groups is 1. The average molecular weight is 262 g/mol. The van der Waals surface area contributed by atoms with Crippen LogP contribution in [0.1, 0.15) is 35.9 Å². The summed E-state index contributed by atoms with van der Waals surface area (Å²) in [6.07, 6.45) is 0. The summed E-state index contributed by atoms with van der Waals surface area (Å²) in [4.78, 5) is 11.0. The van der Waals surface area contributed by atoms with Crippen molar-refractivity contribution < 1.29 is 14.3 Å². The minimum Gasteiger partial charge on any atom is -0.476 e. The summed E-state index contributed by atoms with van der Waals surface area (Å²) in [5.74, 6) is -1.35. The van der Waals surface area contributed by atoms with Crippen molar-refractivity contribution in [2.24, 2.45) is 0 Å². The molecule has 0 atom stereocenters. The summed E-state index contributed by atoms with van der Waals surface area (Å²) in [7, 11) is 0. The van der Waals surface area contributed by atoms with E-state index in [2.05, 4.69) is 5.10 Å². The lowest BCUT2D eigenvalue weighted by molar-refractivity contribution is 0.0689. The first-order valence-corrected chi connectivity index (χ1v) is 5.99. The lowest BCUT2D eigenvalue weighted by Crippen LogP contribution is -2.06. The fourth-order valence-corrected chi connectivity index (χ4v) is 1.91. The van der Waals surface area contributed by atoms with Crippen molar-refractivity contribution in [3.05, 3.63) is 41.3 Å². The highest BCUT2D eigenvalue weighted by Gasteiger charge is 2.16. The van der Waals surface area contributed by atoms with Crippen molar-refractivity contribution in [1.82, 2.24) is 9.78 Å².